The first kappa shape index (κ1) is 9.03. The molecule has 0 radical (unpaired) electrons. The van der Waals surface area contributed by atoms with Crippen molar-refractivity contribution in [2.24, 2.45) is 0 Å². The normalized spacial score (nSPS) is 9.79. The van der Waals surface area contributed by atoms with Crippen LogP contribution in [-0.2, 0) is 0 Å². The van der Waals surface area contributed by atoms with Gasteiger partial charge in [-0.25, -0.2) is 4.98 Å². The molecule has 0 saturated carbocycles. The van der Waals surface area contributed by atoms with Crippen molar-refractivity contribution >= 4 is 11.6 Å². The van der Waals surface area contributed by atoms with E-state index in [1.165, 1.54) is 0 Å². The smallest absolute Gasteiger partial charge is 0.219 e. The lowest BCUT2D eigenvalue weighted by Gasteiger charge is -2.03. The number of ether oxygens (including phenoxy) is 1. The van der Waals surface area contributed by atoms with E-state index in [1.807, 2.05) is 30.3 Å². The summed E-state index contributed by atoms with van der Waals surface area (Å²) in [6, 6.07) is 13.0. The van der Waals surface area contributed by atoms with E-state index in [4.69, 9.17) is 16.3 Å². The lowest BCUT2D eigenvalue weighted by Crippen LogP contribution is -1.85. The van der Waals surface area contributed by atoms with Crippen LogP contribution in [0.5, 0.6) is 11.6 Å². The van der Waals surface area contributed by atoms with Crippen molar-refractivity contribution in [2.75, 3.05) is 0 Å². The Morgan fingerprint density at radius 1 is 1.00 bits per heavy atom. The van der Waals surface area contributed by atoms with Gasteiger partial charge >= 0.3 is 0 Å². The number of hydrogen-bond donors (Lipinski definition) is 0. The van der Waals surface area contributed by atoms with Crippen LogP contribution >= 0.6 is 11.6 Å². The second kappa shape index (κ2) is 4.11. The lowest BCUT2D eigenvalue weighted by molar-refractivity contribution is 0.463. The molecule has 0 atom stereocenters. The van der Waals surface area contributed by atoms with Crippen LogP contribution in [0, 0.1) is 0 Å². The predicted molar refractivity (Wildman–Crippen MR) is 55.8 cm³/mol. The Hall–Kier alpha value is -1.54. The molecule has 0 aliphatic heterocycles. The molecular weight excluding hydrogens is 198 g/mol. The summed E-state index contributed by atoms with van der Waals surface area (Å²) in [7, 11) is 0. The summed E-state index contributed by atoms with van der Waals surface area (Å²) in [6.07, 6.45) is 1.56. The van der Waals surface area contributed by atoms with Gasteiger partial charge in [-0.05, 0) is 18.2 Å². The molecule has 0 aliphatic carbocycles. The average molecular weight is 206 g/mol. The summed E-state index contributed by atoms with van der Waals surface area (Å²) in [5, 5.41) is 0.602. The van der Waals surface area contributed by atoms with Gasteiger partial charge in [0.1, 0.15) is 5.75 Å². The van der Waals surface area contributed by atoms with Crippen LogP contribution in [0.1, 0.15) is 0 Å². The second-order valence-electron chi connectivity index (χ2n) is 2.73. The van der Waals surface area contributed by atoms with Gasteiger partial charge in [-0.15, -0.1) is 0 Å². The largest absolute Gasteiger partial charge is 0.439 e. The second-order valence-corrected chi connectivity index (χ2v) is 3.17. The minimum atomic E-state index is 0.542. The van der Waals surface area contributed by atoms with Crippen molar-refractivity contribution in [3.8, 4) is 11.6 Å². The Bertz CT molecular complexity index is 399. The van der Waals surface area contributed by atoms with Crippen LogP contribution in [0.4, 0.5) is 0 Å². The molecule has 0 aliphatic rings. The van der Waals surface area contributed by atoms with Crippen molar-refractivity contribution in [2.45, 2.75) is 0 Å². The monoisotopic (exact) mass is 205 g/mol. The van der Waals surface area contributed by atoms with Crippen molar-refractivity contribution in [1.29, 1.82) is 0 Å². The van der Waals surface area contributed by atoms with Gasteiger partial charge in [0.25, 0.3) is 0 Å². The molecule has 2 rings (SSSR count). The van der Waals surface area contributed by atoms with Gasteiger partial charge in [0, 0.05) is 12.3 Å². The first-order valence-electron chi connectivity index (χ1n) is 4.19. The van der Waals surface area contributed by atoms with E-state index in [2.05, 4.69) is 4.98 Å². The highest BCUT2D eigenvalue weighted by Crippen LogP contribution is 2.19. The summed E-state index contributed by atoms with van der Waals surface area (Å²) in [4.78, 5) is 4.02. The highest BCUT2D eigenvalue weighted by atomic mass is 35.5. The molecule has 14 heavy (non-hydrogen) atoms. The summed E-state index contributed by atoms with van der Waals surface area (Å²) in [6.45, 7) is 0. The topological polar surface area (TPSA) is 22.1 Å². The zero-order valence-electron chi connectivity index (χ0n) is 7.35. The number of benzene rings is 1. The molecule has 1 aromatic carbocycles. The molecule has 0 unspecified atom stereocenters. The van der Waals surface area contributed by atoms with Gasteiger partial charge in [-0.3, -0.25) is 0 Å². The van der Waals surface area contributed by atoms with Crippen LogP contribution in [0.25, 0.3) is 0 Å². The van der Waals surface area contributed by atoms with Gasteiger partial charge in [-0.2, -0.15) is 0 Å². The summed E-state index contributed by atoms with van der Waals surface area (Å²) >= 11 is 5.70. The zero-order chi connectivity index (χ0) is 9.80. The van der Waals surface area contributed by atoms with Crippen LogP contribution < -0.4 is 4.74 Å². The van der Waals surface area contributed by atoms with Crippen molar-refractivity contribution in [3.63, 3.8) is 0 Å². The van der Waals surface area contributed by atoms with E-state index >= 15 is 0 Å². The zero-order valence-corrected chi connectivity index (χ0v) is 8.11. The van der Waals surface area contributed by atoms with E-state index < -0.39 is 0 Å². The van der Waals surface area contributed by atoms with Gasteiger partial charge in [0.15, 0.2) is 0 Å². The SMILES string of the molecule is Clc1ccc(Oc2ccccc2)nc1. The third-order valence-electron chi connectivity index (χ3n) is 1.67. The van der Waals surface area contributed by atoms with Crippen LogP contribution in [-0.4, -0.2) is 4.98 Å². The van der Waals surface area contributed by atoms with E-state index in [0.717, 1.165) is 5.75 Å². The fraction of sp³-hybridized carbons (Fsp3) is 0. The van der Waals surface area contributed by atoms with Gasteiger partial charge < -0.3 is 4.74 Å². The number of halogens is 1. The highest BCUT2D eigenvalue weighted by Gasteiger charge is 1.96. The number of pyridine rings is 1. The highest BCUT2D eigenvalue weighted by molar-refractivity contribution is 6.30. The van der Waals surface area contributed by atoms with Crippen LogP contribution in [0.3, 0.4) is 0 Å². The molecule has 0 spiro atoms. The van der Waals surface area contributed by atoms with Crippen molar-refractivity contribution in [1.82, 2.24) is 4.98 Å². The average Bonchev–Trinajstić information content (AvgIpc) is 2.23. The number of hydrogen-bond acceptors (Lipinski definition) is 2. The molecule has 1 heterocycles. The van der Waals surface area contributed by atoms with Gasteiger partial charge in [0.05, 0.1) is 5.02 Å². The fourth-order valence-corrected chi connectivity index (χ4v) is 1.14. The Labute approximate surface area is 87.1 Å². The van der Waals surface area contributed by atoms with E-state index in [0.29, 0.717) is 10.9 Å². The molecule has 0 N–H and O–H groups in total. The molecule has 0 saturated heterocycles. The lowest BCUT2D eigenvalue weighted by atomic mass is 10.3. The summed E-state index contributed by atoms with van der Waals surface area (Å²) < 4.78 is 5.46. The quantitative estimate of drug-likeness (QED) is 0.748. The van der Waals surface area contributed by atoms with E-state index in [1.54, 1.807) is 18.3 Å². The Morgan fingerprint density at radius 2 is 1.79 bits per heavy atom. The first-order chi connectivity index (χ1) is 6.84. The Kier molecular flexibility index (Phi) is 2.65. The third kappa shape index (κ3) is 2.24. The maximum atomic E-state index is 5.70. The fourth-order valence-electron chi connectivity index (χ4n) is 1.03. The number of nitrogens with zero attached hydrogens (tertiary/aromatic N) is 1. The third-order valence-corrected chi connectivity index (χ3v) is 1.89. The van der Waals surface area contributed by atoms with Crippen LogP contribution in [0.2, 0.25) is 5.02 Å². The molecule has 0 fully saturated rings. The van der Waals surface area contributed by atoms with Gasteiger partial charge in [-0.1, -0.05) is 29.8 Å². The minimum Gasteiger partial charge on any atom is -0.439 e. The van der Waals surface area contributed by atoms with Crippen LogP contribution in [0.15, 0.2) is 48.7 Å². The maximum Gasteiger partial charge on any atom is 0.219 e. The standard InChI is InChI=1S/C11H8ClNO/c12-9-6-7-11(13-8-9)14-10-4-2-1-3-5-10/h1-8H. The molecule has 3 heteroatoms. The number of rotatable bonds is 2. The summed E-state index contributed by atoms with van der Waals surface area (Å²) in [5.74, 6) is 1.31. The van der Waals surface area contributed by atoms with Gasteiger partial charge in [0.2, 0.25) is 5.88 Å². The Morgan fingerprint density at radius 3 is 2.43 bits per heavy atom. The molecule has 0 bridgehead atoms. The first-order valence-corrected chi connectivity index (χ1v) is 4.57. The molecular formula is C11H8ClNO. The van der Waals surface area contributed by atoms with Crippen molar-refractivity contribution < 1.29 is 4.74 Å². The molecule has 2 nitrogen and oxygen atoms in total. The van der Waals surface area contributed by atoms with E-state index in [-0.39, 0.29) is 0 Å². The molecule has 1 aromatic heterocycles. The molecule has 2 aromatic rings. The minimum absolute atomic E-state index is 0.542. The Balaban J connectivity index is 2.16. The number of aromatic nitrogens is 1. The van der Waals surface area contributed by atoms with E-state index in [9.17, 15) is 0 Å². The number of para-hydroxylation sites is 1. The molecule has 0 amide bonds. The van der Waals surface area contributed by atoms with Crippen molar-refractivity contribution in [3.05, 3.63) is 53.7 Å². The summed E-state index contributed by atoms with van der Waals surface area (Å²) in [5.41, 5.74) is 0. The predicted octanol–water partition coefficient (Wildman–Crippen LogP) is 3.53. The maximum absolute atomic E-state index is 5.70. The molecule has 70 valence electrons.